The molecule has 0 bridgehead atoms. The minimum Gasteiger partial charge on any atom is -0.303 e. The number of aldehydes is 1. The summed E-state index contributed by atoms with van der Waals surface area (Å²) in [5.74, 6) is 0. The Morgan fingerprint density at radius 2 is 2.36 bits per heavy atom. The molecule has 0 atom stereocenters. The maximum absolute atomic E-state index is 10.2. The van der Waals surface area contributed by atoms with E-state index in [1.165, 1.54) is 6.20 Å². The van der Waals surface area contributed by atoms with Gasteiger partial charge in [-0.3, -0.25) is 9.78 Å². The van der Waals surface area contributed by atoms with Gasteiger partial charge in [0.05, 0.1) is 11.4 Å². The van der Waals surface area contributed by atoms with Crippen molar-refractivity contribution in [2.75, 3.05) is 0 Å². The van der Waals surface area contributed by atoms with Gasteiger partial charge in [-0.2, -0.15) is 0 Å². The lowest BCUT2D eigenvalue weighted by molar-refractivity contribution is 0.112. The van der Waals surface area contributed by atoms with Crippen LogP contribution in [0.2, 0.25) is 0 Å². The van der Waals surface area contributed by atoms with E-state index in [4.69, 9.17) is 5.41 Å². The molecule has 0 saturated carbocycles. The van der Waals surface area contributed by atoms with E-state index >= 15 is 0 Å². The molecule has 0 unspecified atom stereocenters. The Balaban J connectivity index is 3.00. The van der Waals surface area contributed by atoms with Crippen LogP contribution in [-0.4, -0.2) is 17.0 Å². The summed E-state index contributed by atoms with van der Waals surface area (Å²) in [6.07, 6.45) is 2.19. The maximum atomic E-state index is 10.2. The molecule has 0 saturated heterocycles. The first-order chi connectivity index (χ1) is 5.24. The average molecular weight is 148 g/mol. The molecule has 0 aromatic carbocycles. The van der Waals surface area contributed by atoms with Gasteiger partial charge in [0.15, 0.2) is 6.29 Å². The summed E-state index contributed by atoms with van der Waals surface area (Å²) in [4.78, 5) is 14.1. The molecule has 0 radical (unpaired) electrons. The quantitative estimate of drug-likeness (QED) is 0.507. The number of pyridine rings is 1. The van der Waals surface area contributed by atoms with Crippen LogP contribution in [-0.2, 0) is 0 Å². The van der Waals surface area contributed by atoms with E-state index in [0.717, 1.165) is 6.29 Å². The fraction of sp³-hybridized carbons (Fsp3) is 0.125. The average Bonchev–Trinajstić information content (AvgIpc) is 2.05. The lowest BCUT2D eigenvalue weighted by Crippen LogP contribution is -1.96. The van der Waals surface area contributed by atoms with Crippen LogP contribution in [0.15, 0.2) is 18.3 Å². The Bertz CT molecular complexity index is 277. The van der Waals surface area contributed by atoms with Gasteiger partial charge in [0, 0.05) is 11.8 Å². The molecule has 0 aliphatic rings. The number of aromatic nitrogens is 1. The normalized spacial score (nSPS) is 9.18. The first-order valence-electron chi connectivity index (χ1n) is 3.21. The third-order valence-corrected chi connectivity index (χ3v) is 1.31. The highest BCUT2D eigenvalue weighted by molar-refractivity contribution is 5.94. The van der Waals surface area contributed by atoms with E-state index in [0.29, 0.717) is 17.0 Å². The molecule has 3 nitrogen and oxygen atoms in total. The maximum Gasteiger partial charge on any atom is 0.151 e. The van der Waals surface area contributed by atoms with Crippen molar-refractivity contribution in [1.29, 1.82) is 5.41 Å². The smallest absolute Gasteiger partial charge is 0.151 e. The lowest BCUT2D eigenvalue weighted by Gasteiger charge is -1.94. The summed E-state index contributed by atoms with van der Waals surface area (Å²) < 4.78 is 0. The van der Waals surface area contributed by atoms with E-state index in [1.54, 1.807) is 19.1 Å². The molecule has 0 fully saturated rings. The number of carbonyl (C=O) groups is 1. The number of hydrogen-bond acceptors (Lipinski definition) is 3. The van der Waals surface area contributed by atoms with Gasteiger partial charge < -0.3 is 5.41 Å². The van der Waals surface area contributed by atoms with Gasteiger partial charge in [-0.25, -0.2) is 0 Å². The zero-order valence-electron chi connectivity index (χ0n) is 6.16. The van der Waals surface area contributed by atoms with Crippen LogP contribution in [0.3, 0.4) is 0 Å². The van der Waals surface area contributed by atoms with Gasteiger partial charge in [0.1, 0.15) is 0 Å². The SMILES string of the molecule is CC(=N)c1ccc(C=O)cn1. The van der Waals surface area contributed by atoms with Crippen LogP contribution in [0.5, 0.6) is 0 Å². The van der Waals surface area contributed by atoms with Gasteiger partial charge in [-0.05, 0) is 19.1 Å². The van der Waals surface area contributed by atoms with Crippen molar-refractivity contribution in [2.45, 2.75) is 6.92 Å². The summed E-state index contributed by atoms with van der Waals surface area (Å²) >= 11 is 0. The molecule has 3 heteroatoms. The van der Waals surface area contributed by atoms with Crippen molar-refractivity contribution in [3.8, 4) is 0 Å². The van der Waals surface area contributed by atoms with Crippen molar-refractivity contribution in [3.05, 3.63) is 29.6 Å². The first-order valence-corrected chi connectivity index (χ1v) is 3.21. The minimum atomic E-state index is 0.405. The zero-order valence-corrected chi connectivity index (χ0v) is 6.16. The van der Waals surface area contributed by atoms with E-state index in [1.807, 2.05) is 0 Å². The van der Waals surface area contributed by atoms with Crippen molar-refractivity contribution >= 4 is 12.0 Å². The topological polar surface area (TPSA) is 53.8 Å². The Hall–Kier alpha value is -1.51. The highest BCUT2D eigenvalue weighted by Gasteiger charge is 1.95. The summed E-state index contributed by atoms with van der Waals surface area (Å²) in [7, 11) is 0. The summed E-state index contributed by atoms with van der Waals surface area (Å²) in [5.41, 5.74) is 1.55. The minimum absolute atomic E-state index is 0.405. The fourth-order valence-corrected chi connectivity index (χ4v) is 0.697. The Morgan fingerprint density at radius 3 is 2.73 bits per heavy atom. The highest BCUT2D eigenvalue weighted by atomic mass is 16.1. The molecule has 56 valence electrons. The second kappa shape index (κ2) is 3.05. The summed E-state index contributed by atoms with van der Waals surface area (Å²) in [5, 5.41) is 7.21. The number of nitrogens with zero attached hydrogens (tertiary/aromatic N) is 1. The van der Waals surface area contributed by atoms with Gasteiger partial charge >= 0.3 is 0 Å². The molecule has 11 heavy (non-hydrogen) atoms. The number of hydrogen-bond donors (Lipinski definition) is 1. The molecule has 1 N–H and O–H groups in total. The molecular weight excluding hydrogens is 140 g/mol. The Kier molecular flexibility index (Phi) is 2.11. The summed E-state index contributed by atoms with van der Waals surface area (Å²) in [6, 6.07) is 3.30. The number of rotatable bonds is 2. The highest BCUT2D eigenvalue weighted by Crippen LogP contribution is 1.97. The Labute approximate surface area is 64.6 Å². The number of carbonyl (C=O) groups excluding carboxylic acids is 1. The predicted molar refractivity (Wildman–Crippen MR) is 42.1 cm³/mol. The van der Waals surface area contributed by atoms with Crippen LogP contribution in [0, 0.1) is 5.41 Å². The van der Waals surface area contributed by atoms with Crippen LogP contribution in [0.25, 0.3) is 0 Å². The van der Waals surface area contributed by atoms with Gasteiger partial charge in [0.25, 0.3) is 0 Å². The van der Waals surface area contributed by atoms with E-state index in [2.05, 4.69) is 4.98 Å². The van der Waals surface area contributed by atoms with Crippen molar-refractivity contribution in [1.82, 2.24) is 4.98 Å². The monoisotopic (exact) mass is 148 g/mol. The van der Waals surface area contributed by atoms with Crippen LogP contribution >= 0.6 is 0 Å². The van der Waals surface area contributed by atoms with Crippen molar-refractivity contribution in [2.24, 2.45) is 0 Å². The predicted octanol–water partition coefficient (Wildman–Crippen LogP) is 1.28. The molecule has 0 aliphatic carbocycles. The molecule has 1 aromatic heterocycles. The van der Waals surface area contributed by atoms with E-state index in [-0.39, 0.29) is 0 Å². The van der Waals surface area contributed by atoms with Gasteiger partial charge in [-0.15, -0.1) is 0 Å². The largest absolute Gasteiger partial charge is 0.303 e. The van der Waals surface area contributed by atoms with Crippen LogP contribution in [0.4, 0.5) is 0 Å². The zero-order chi connectivity index (χ0) is 8.27. The summed E-state index contributed by atoms with van der Waals surface area (Å²) in [6.45, 7) is 1.66. The third-order valence-electron chi connectivity index (χ3n) is 1.31. The molecule has 1 rings (SSSR count). The molecule has 0 amide bonds. The van der Waals surface area contributed by atoms with Crippen molar-refractivity contribution in [3.63, 3.8) is 0 Å². The molecule has 1 heterocycles. The molecule has 1 aromatic rings. The van der Waals surface area contributed by atoms with E-state index in [9.17, 15) is 4.79 Å². The molecule has 0 spiro atoms. The first kappa shape index (κ1) is 7.60. The fourth-order valence-electron chi connectivity index (χ4n) is 0.697. The van der Waals surface area contributed by atoms with Gasteiger partial charge in [0.2, 0.25) is 0 Å². The van der Waals surface area contributed by atoms with Gasteiger partial charge in [-0.1, -0.05) is 0 Å². The molecular formula is C8H8N2O. The lowest BCUT2D eigenvalue weighted by atomic mass is 10.2. The second-order valence-electron chi connectivity index (χ2n) is 2.22. The van der Waals surface area contributed by atoms with E-state index < -0.39 is 0 Å². The molecule has 0 aliphatic heterocycles. The van der Waals surface area contributed by atoms with Crippen LogP contribution < -0.4 is 0 Å². The Morgan fingerprint density at radius 1 is 1.64 bits per heavy atom. The standard InChI is InChI=1S/C8H8N2O/c1-6(9)8-3-2-7(5-11)4-10-8/h2-5,9H,1H3. The number of nitrogens with one attached hydrogen (secondary N) is 1. The van der Waals surface area contributed by atoms with Crippen LogP contribution in [0.1, 0.15) is 23.0 Å². The second-order valence-corrected chi connectivity index (χ2v) is 2.22. The third kappa shape index (κ3) is 1.70. The van der Waals surface area contributed by atoms with Crippen molar-refractivity contribution < 1.29 is 4.79 Å².